The lowest BCUT2D eigenvalue weighted by Gasteiger charge is -2.19. The van der Waals surface area contributed by atoms with E-state index < -0.39 is 23.7 Å². The van der Waals surface area contributed by atoms with Gasteiger partial charge in [0.2, 0.25) is 0 Å². The van der Waals surface area contributed by atoms with Gasteiger partial charge in [0.1, 0.15) is 0 Å². The zero-order valence-electron chi connectivity index (χ0n) is 12.6. The van der Waals surface area contributed by atoms with Crippen LogP contribution < -0.4 is 5.32 Å². The summed E-state index contributed by atoms with van der Waals surface area (Å²) in [5.41, 5.74) is -0.133. The van der Waals surface area contributed by atoms with E-state index in [9.17, 15) is 18.0 Å². The highest BCUT2D eigenvalue weighted by Gasteiger charge is 2.31. The molecular weight excluding hydrogens is 311 g/mol. The van der Waals surface area contributed by atoms with E-state index in [1.54, 1.807) is 7.05 Å². The number of halogens is 3. The fourth-order valence-corrected chi connectivity index (χ4v) is 2.10. The minimum atomic E-state index is -4.44. The molecule has 1 heterocycles. The highest BCUT2D eigenvalue weighted by molar-refractivity contribution is 5.93. The molecule has 0 radical (unpaired) electrons. The van der Waals surface area contributed by atoms with Crippen molar-refractivity contribution >= 4 is 5.91 Å². The van der Waals surface area contributed by atoms with Gasteiger partial charge in [0, 0.05) is 20.4 Å². The lowest BCUT2D eigenvalue weighted by molar-refractivity contribution is -0.137. The Balaban J connectivity index is 2.23. The third-order valence-electron chi connectivity index (χ3n) is 3.22. The van der Waals surface area contributed by atoms with Crippen molar-refractivity contribution in [3.8, 4) is 0 Å². The lowest BCUT2D eigenvalue weighted by atomic mass is 10.0. The molecule has 0 saturated carbocycles. The third kappa shape index (κ3) is 4.32. The molecule has 5 nitrogen and oxygen atoms in total. The second-order valence-corrected chi connectivity index (χ2v) is 5.01. The summed E-state index contributed by atoms with van der Waals surface area (Å²) in [6, 6.07) is 4.11. The van der Waals surface area contributed by atoms with Crippen LogP contribution in [-0.4, -0.2) is 29.4 Å². The number of aryl methyl sites for hydroxylation is 1. The van der Waals surface area contributed by atoms with Gasteiger partial charge in [-0.15, -0.1) is 0 Å². The Morgan fingerprint density at radius 3 is 2.74 bits per heavy atom. The first-order valence-electron chi connectivity index (χ1n) is 6.77. The molecule has 1 aromatic carbocycles. The van der Waals surface area contributed by atoms with Crippen LogP contribution in [0.4, 0.5) is 13.2 Å². The smallest absolute Gasteiger partial charge is 0.382 e. The van der Waals surface area contributed by atoms with Crippen LogP contribution in [0, 0.1) is 0 Å². The van der Waals surface area contributed by atoms with Crippen molar-refractivity contribution in [2.24, 2.45) is 7.05 Å². The van der Waals surface area contributed by atoms with Gasteiger partial charge in [0.25, 0.3) is 5.91 Å². The number of alkyl halides is 3. The molecule has 0 fully saturated rings. The fourth-order valence-electron chi connectivity index (χ4n) is 2.10. The molecular formula is C15H16F3N3O2. The molecule has 0 aliphatic heterocycles. The van der Waals surface area contributed by atoms with Crippen LogP contribution in [0.2, 0.25) is 0 Å². The van der Waals surface area contributed by atoms with E-state index in [0.29, 0.717) is 11.1 Å². The molecule has 0 bridgehead atoms. The zero-order chi connectivity index (χ0) is 17.0. The molecule has 124 valence electrons. The highest BCUT2D eigenvalue weighted by Crippen LogP contribution is 2.30. The molecule has 2 rings (SSSR count). The van der Waals surface area contributed by atoms with E-state index in [0.717, 1.165) is 12.1 Å². The van der Waals surface area contributed by atoms with E-state index in [1.807, 2.05) is 0 Å². The zero-order valence-corrected chi connectivity index (χ0v) is 12.6. The molecule has 0 unspecified atom stereocenters. The van der Waals surface area contributed by atoms with Crippen molar-refractivity contribution in [1.82, 2.24) is 15.1 Å². The molecule has 23 heavy (non-hydrogen) atoms. The highest BCUT2D eigenvalue weighted by atomic mass is 19.4. The van der Waals surface area contributed by atoms with Crippen LogP contribution >= 0.6 is 0 Å². The monoisotopic (exact) mass is 327 g/mol. The summed E-state index contributed by atoms with van der Waals surface area (Å²) in [5.74, 6) is -0.433. The summed E-state index contributed by atoms with van der Waals surface area (Å²) < 4.78 is 44.9. The van der Waals surface area contributed by atoms with Crippen molar-refractivity contribution in [3.63, 3.8) is 0 Å². The molecule has 1 atom stereocenters. The van der Waals surface area contributed by atoms with Crippen LogP contribution in [0.1, 0.15) is 27.5 Å². The third-order valence-corrected chi connectivity index (χ3v) is 3.22. The summed E-state index contributed by atoms with van der Waals surface area (Å²) in [5, 5.41) is 6.54. The Morgan fingerprint density at radius 2 is 2.17 bits per heavy atom. The predicted octanol–water partition coefficient (Wildman–Crippen LogP) is 2.56. The summed E-state index contributed by atoms with van der Waals surface area (Å²) in [6.45, 7) is 0.0489. The van der Waals surface area contributed by atoms with Crippen LogP contribution in [-0.2, 0) is 18.0 Å². The summed E-state index contributed by atoms with van der Waals surface area (Å²) in [6.07, 6.45) is -1.54. The SMILES string of the molecule is COC[C@@H](NC(=O)c1cnn(C)c1)c1cccc(C(F)(F)F)c1. The summed E-state index contributed by atoms with van der Waals surface area (Å²) >= 11 is 0. The number of hydrogen-bond acceptors (Lipinski definition) is 3. The van der Waals surface area contributed by atoms with Crippen molar-refractivity contribution in [2.75, 3.05) is 13.7 Å². The van der Waals surface area contributed by atoms with E-state index in [1.165, 1.54) is 36.3 Å². The fraction of sp³-hybridized carbons (Fsp3) is 0.333. The van der Waals surface area contributed by atoms with Crippen molar-refractivity contribution in [1.29, 1.82) is 0 Å². The number of nitrogens with zero attached hydrogens (tertiary/aromatic N) is 2. The Morgan fingerprint density at radius 1 is 1.43 bits per heavy atom. The quantitative estimate of drug-likeness (QED) is 0.918. The van der Waals surface area contributed by atoms with Gasteiger partial charge in [-0.1, -0.05) is 12.1 Å². The van der Waals surface area contributed by atoms with E-state index in [4.69, 9.17) is 4.74 Å². The molecule has 0 aliphatic rings. The molecule has 1 aromatic heterocycles. The van der Waals surface area contributed by atoms with Gasteiger partial charge in [-0.25, -0.2) is 0 Å². The second kappa shape index (κ2) is 6.82. The number of rotatable bonds is 5. The molecule has 0 aliphatic carbocycles. The largest absolute Gasteiger partial charge is 0.416 e. The number of ether oxygens (including phenoxy) is 1. The topological polar surface area (TPSA) is 56.1 Å². The molecule has 0 spiro atoms. The Labute approximate surface area is 131 Å². The Bertz CT molecular complexity index is 683. The molecule has 1 N–H and O–H groups in total. The first-order valence-corrected chi connectivity index (χ1v) is 6.77. The average Bonchev–Trinajstić information content (AvgIpc) is 2.93. The van der Waals surface area contributed by atoms with Gasteiger partial charge in [0.15, 0.2) is 0 Å². The predicted molar refractivity (Wildman–Crippen MR) is 76.7 cm³/mol. The van der Waals surface area contributed by atoms with Crippen molar-refractivity contribution in [2.45, 2.75) is 12.2 Å². The van der Waals surface area contributed by atoms with Gasteiger partial charge in [0.05, 0.1) is 30.0 Å². The number of carbonyl (C=O) groups is 1. The maximum Gasteiger partial charge on any atom is 0.416 e. The second-order valence-electron chi connectivity index (χ2n) is 5.01. The van der Waals surface area contributed by atoms with Crippen molar-refractivity contribution in [3.05, 3.63) is 53.3 Å². The number of carbonyl (C=O) groups excluding carboxylic acids is 1. The van der Waals surface area contributed by atoms with Crippen LogP contribution in [0.25, 0.3) is 0 Å². The Hall–Kier alpha value is -2.35. The van der Waals surface area contributed by atoms with Gasteiger partial charge in [-0.2, -0.15) is 18.3 Å². The minimum Gasteiger partial charge on any atom is -0.382 e. The summed E-state index contributed by atoms with van der Waals surface area (Å²) in [7, 11) is 3.08. The molecule has 8 heteroatoms. The number of nitrogens with one attached hydrogen (secondary N) is 1. The van der Waals surface area contributed by atoms with Crippen LogP contribution in [0.3, 0.4) is 0 Å². The first kappa shape index (κ1) is 17.0. The first-order chi connectivity index (χ1) is 10.8. The van der Waals surface area contributed by atoms with E-state index in [-0.39, 0.29) is 6.61 Å². The molecule has 1 amide bonds. The average molecular weight is 327 g/mol. The van der Waals surface area contributed by atoms with Gasteiger partial charge >= 0.3 is 6.18 Å². The maximum absolute atomic E-state index is 12.8. The normalized spacial score (nSPS) is 12.9. The van der Waals surface area contributed by atoms with Gasteiger partial charge in [-0.3, -0.25) is 9.48 Å². The summed E-state index contributed by atoms with van der Waals surface area (Å²) in [4.78, 5) is 12.2. The number of aromatic nitrogens is 2. The number of benzene rings is 1. The van der Waals surface area contributed by atoms with E-state index in [2.05, 4.69) is 10.4 Å². The van der Waals surface area contributed by atoms with Gasteiger partial charge < -0.3 is 10.1 Å². The minimum absolute atomic E-state index is 0.0489. The number of hydrogen-bond donors (Lipinski definition) is 1. The number of methoxy groups -OCH3 is 1. The molecule has 0 saturated heterocycles. The maximum atomic E-state index is 12.8. The lowest BCUT2D eigenvalue weighted by Crippen LogP contribution is -2.31. The number of amides is 1. The van der Waals surface area contributed by atoms with Gasteiger partial charge in [-0.05, 0) is 17.7 Å². The van der Waals surface area contributed by atoms with Crippen LogP contribution in [0.15, 0.2) is 36.7 Å². The van der Waals surface area contributed by atoms with E-state index >= 15 is 0 Å². The van der Waals surface area contributed by atoms with Crippen LogP contribution in [0.5, 0.6) is 0 Å². The standard InChI is InChI=1S/C15H16F3N3O2/c1-21-8-11(7-19-21)14(22)20-13(9-23-2)10-4-3-5-12(6-10)15(16,17)18/h3-8,13H,9H2,1-2H3,(H,20,22)/t13-/m1/s1. The molecule has 2 aromatic rings. The Kier molecular flexibility index (Phi) is 5.05. The van der Waals surface area contributed by atoms with Crippen molar-refractivity contribution < 1.29 is 22.7 Å².